The first-order valence-corrected chi connectivity index (χ1v) is 14.4. The van der Waals surface area contributed by atoms with E-state index >= 15 is 0 Å². The molecule has 4 aromatic carbocycles. The van der Waals surface area contributed by atoms with Gasteiger partial charge in [-0.2, -0.15) is 0 Å². The van der Waals surface area contributed by atoms with Gasteiger partial charge in [-0.15, -0.1) is 0 Å². The van der Waals surface area contributed by atoms with Crippen molar-refractivity contribution in [2.75, 3.05) is 14.2 Å². The van der Waals surface area contributed by atoms with Gasteiger partial charge < -0.3 is 19.7 Å². The minimum absolute atomic E-state index is 0.0391. The first kappa shape index (κ1) is 33.1. The van der Waals surface area contributed by atoms with Gasteiger partial charge in [0.2, 0.25) is 0 Å². The highest BCUT2D eigenvalue weighted by Crippen LogP contribution is 2.43. The van der Waals surface area contributed by atoms with Crippen molar-refractivity contribution in [1.82, 2.24) is 0 Å². The van der Waals surface area contributed by atoms with Crippen molar-refractivity contribution >= 4 is 23.5 Å². The second kappa shape index (κ2) is 14.8. The lowest BCUT2D eigenvalue weighted by molar-refractivity contribution is -0.132. The summed E-state index contributed by atoms with van der Waals surface area (Å²) in [5.41, 5.74) is 5.23. The summed E-state index contributed by atoms with van der Waals surface area (Å²) in [6.45, 7) is 2.06. The number of ketones is 2. The van der Waals surface area contributed by atoms with E-state index in [9.17, 15) is 19.2 Å². The Morgan fingerprint density at radius 1 is 0.587 bits per heavy atom. The van der Waals surface area contributed by atoms with Gasteiger partial charge in [-0.1, -0.05) is 78.9 Å². The monoisotopic (exact) mass is 618 g/mol. The summed E-state index contributed by atoms with van der Waals surface area (Å²) in [4.78, 5) is 46.6. The molecule has 0 atom stereocenters. The van der Waals surface area contributed by atoms with Crippen LogP contribution in [0.5, 0.6) is 11.5 Å². The van der Waals surface area contributed by atoms with E-state index in [4.69, 9.17) is 19.7 Å². The number of carbonyl (C=O) groups is 4. The third-order valence-corrected chi connectivity index (χ3v) is 7.85. The van der Waals surface area contributed by atoms with E-state index in [1.165, 1.54) is 14.2 Å². The van der Waals surface area contributed by atoms with Crippen LogP contribution in [-0.4, -0.2) is 47.9 Å². The van der Waals surface area contributed by atoms with Crippen molar-refractivity contribution in [2.24, 2.45) is 0 Å². The average molecular weight is 619 g/mol. The molecule has 234 valence electrons. The largest absolute Gasteiger partial charge is 0.496 e. The Kier molecular flexibility index (Phi) is 10.7. The molecule has 2 N–H and O–H groups in total. The van der Waals surface area contributed by atoms with Crippen LogP contribution in [0.15, 0.2) is 115 Å². The number of aliphatic carboxylic acids is 2. The third-order valence-electron chi connectivity index (χ3n) is 7.85. The third kappa shape index (κ3) is 7.84. The maximum Gasteiger partial charge on any atom is 0.328 e. The van der Waals surface area contributed by atoms with Gasteiger partial charge >= 0.3 is 11.9 Å². The highest BCUT2D eigenvalue weighted by atomic mass is 16.5. The number of hydrogen-bond donors (Lipinski definition) is 2. The molecule has 8 heteroatoms. The first-order chi connectivity index (χ1) is 22.0. The minimum atomic E-state index is -1.20. The number of carbonyl (C=O) groups excluding carboxylic acids is 2. The van der Waals surface area contributed by atoms with Crippen LogP contribution in [0.25, 0.3) is 11.1 Å². The van der Waals surface area contributed by atoms with Gasteiger partial charge in [0.25, 0.3) is 0 Å². The second-order valence-corrected chi connectivity index (χ2v) is 10.8. The highest BCUT2D eigenvalue weighted by molar-refractivity contribution is 5.97. The number of rotatable bonds is 14. The van der Waals surface area contributed by atoms with Crippen molar-refractivity contribution in [3.63, 3.8) is 0 Å². The van der Waals surface area contributed by atoms with Crippen LogP contribution in [0, 0.1) is 0 Å². The van der Waals surface area contributed by atoms with E-state index in [1.54, 1.807) is 12.1 Å². The van der Waals surface area contributed by atoms with E-state index in [1.807, 2.05) is 54.6 Å². The summed E-state index contributed by atoms with van der Waals surface area (Å²) >= 11 is 0. The molecule has 4 rings (SSSR count). The summed E-state index contributed by atoms with van der Waals surface area (Å²) in [6, 6.07) is 29.4. The van der Waals surface area contributed by atoms with E-state index in [0.29, 0.717) is 22.6 Å². The number of methoxy groups -OCH3 is 2. The molecule has 0 unspecified atom stereocenters. The molecule has 0 heterocycles. The Morgan fingerprint density at radius 2 is 1.00 bits per heavy atom. The van der Waals surface area contributed by atoms with Gasteiger partial charge in [0.05, 0.1) is 14.2 Å². The zero-order valence-corrected chi connectivity index (χ0v) is 25.7. The predicted molar refractivity (Wildman–Crippen MR) is 174 cm³/mol. The lowest BCUT2D eigenvalue weighted by atomic mass is 9.70. The molecule has 0 radical (unpaired) electrons. The van der Waals surface area contributed by atoms with Crippen molar-refractivity contribution in [2.45, 2.75) is 25.2 Å². The second-order valence-electron chi connectivity index (χ2n) is 10.8. The Balaban J connectivity index is 1.82. The number of carboxylic acids is 2. The van der Waals surface area contributed by atoms with E-state index in [0.717, 1.165) is 52.1 Å². The van der Waals surface area contributed by atoms with Crippen molar-refractivity contribution in [3.05, 3.63) is 143 Å². The molecular formula is C38H34O8. The quantitative estimate of drug-likeness (QED) is 0.126. The average Bonchev–Trinajstić information content (AvgIpc) is 3.06. The molecule has 4 aromatic rings. The van der Waals surface area contributed by atoms with Gasteiger partial charge in [0, 0.05) is 41.5 Å². The zero-order valence-electron chi connectivity index (χ0n) is 25.7. The SMILES string of the molecule is COc1cc(C(C)(c2ccc(-c3ccccc3)cc2)c2ccc(CC(=O)/C=C/C(=O)O)c(OC)c2)ccc1CC(=O)/C=C/C(=O)O. The van der Waals surface area contributed by atoms with Crippen molar-refractivity contribution < 1.29 is 38.9 Å². The van der Waals surface area contributed by atoms with Crippen molar-refractivity contribution in [3.8, 4) is 22.6 Å². The fourth-order valence-electron chi connectivity index (χ4n) is 5.35. The van der Waals surface area contributed by atoms with Gasteiger partial charge in [-0.05, 0) is 59.0 Å². The van der Waals surface area contributed by atoms with Crippen LogP contribution in [0.4, 0.5) is 0 Å². The normalized spacial score (nSPS) is 11.5. The lowest BCUT2D eigenvalue weighted by Gasteiger charge is -2.33. The van der Waals surface area contributed by atoms with Crippen molar-refractivity contribution in [1.29, 1.82) is 0 Å². The molecule has 46 heavy (non-hydrogen) atoms. The van der Waals surface area contributed by atoms with Crippen LogP contribution in [0.1, 0.15) is 34.7 Å². The molecule has 0 aliphatic rings. The van der Waals surface area contributed by atoms with Gasteiger partial charge in [0.15, 0.2) is 11.6 Å². The smallest absolute Gasteiger partial charge is 0.328 e. The van der Waals surface area contributed by atoms with E-state index in [-0.39, 0.29) is 24.4 Å². The number of carboxylic acid groups (broad SMARTS) is 2. The molecule has 0 saturated carbocycles. The maximum absolute atomic E-state index is 12.4. The van der Waals surface area contributed by atoms with Gasteiger partial charge in [-0.3, -0.25) is 9.59 Å². The number of hydrogen-bond acceptors (Lipinski definition) is 6. The Morgan fingerprint density at radius 3 is 1.41 bits per heavy atom. The predicted octanol–water partition coefficient (Wildman–Crippen LogP) is 6.23. The molecule has 0 fully saturated rings. The summed E-state index contributed by atoms with van der Waals surface area (Å²) in [6.07, 6.45) is 3.61. The van der Waals surface area contributed by atoms with Crippen LogP contribution < -0.4 is 9.47 Å². The molecule has 0 bridgehead atoms. The Labute approximate surface area is 267 Å². The van der Waals surface area contributed by atoms with Crippen LogP contribution in [0.2, 0.25) is 0 Å². The molecule has 0 spiro atoms. The summed E-state index contributed by atoms with van der Waals surface area (Å²) < 4.78 is 11.4. The van der Waals surface area contributed by atoms with Gasteiger partial charge in [0.1, 0.15) is 11.5 Å². The summed E-state index contributed by atoms with van der Waals surface area (Å²) in [5.74, 6) is -2.21. The molecule has 0 saturated heterocycles. The first-order valence-electron chi connectivity index (χ1n) is 14.4. The van der Waals surface area contributed by atoms with Crippen LogP contribution in [-0.2, 0) is 37.4 Å². The lowest BCUT2D eigenvalue weighted by Crippen LogP contribution is -2.26. The zero-order chi connectivity index (χ0) is 33.3. The molecule has 0 aliphatic heterocycles. The number of allylic oxidation sites excluding steroid dienone is 2. The molecule has 0 aliphatic carbocycles. The molecule has 0 amide bonds. The van der Waals surface area contributed by atoms with Crippen LogP contribution in [0.3, 0.4) is 0 Å². The van der Waals surface area contributed by atoms with Gasteiger partial charge in [-0.25, -0.2) is 9.59 Å². The van der Waals surface area contributed by atoms with E-state index < -0.39 is 17.4 Å². The fourth-order valence-corrected chi connectivity index (χ4v) is 5.35. The summed E-state index contributed by atoms with van der Waals surface area (Å²) in [5, 5.41) is 17.8. The Bertz CT molecular complexity index is 1710. The Hall–Kier alpha value is -5.76. The summed E-state index contributed by atoms with van der Waals surface area (Å²) in [7, 11) is 3.03. The molecule has 8 nitrogen and oxygen atoms in total. The fraction of sp³-hybridized carbons (Fsp3) is 0.158. The highest BCUT2D eigenvalue weighted by Gasteiger charge is 2.33. The number of ether oxygens (including phenoxy) is 2. The molecular weight excluding hydrogens is 584 g/mol. The standard InChI is InChI=1S/C38H34O8/c1-38(29-13-9-26(10-14-29)25-7-5-4-6-8-25,30-15-11-27(34(23-30)45-2)21-32(39)17-19-36(41)42)31-16-12-28(35(24-31)46-3)22-33(40)18-20-37(43)44/h4-20,23-24H,21-22H2,1-3H3,(H,41,42)(H,43,44)/b19-17+,20-18+. The number of benzene rings is 4. The topological polar surface area (TPSA) is 127 Å². The van der Waals surface area contributed by atoms with E-state index in [2.05, 4.69) is 31.2 Å². The van der Waals surface area contributed by atoms with Crippen LogP contribution >= 0.6 is 0 Å². The molecule has 0 aromatic heterocycles. The maximum atomic E-state index is 12.4. The minimum Gasteiger partial charge on any atom is -0.496 e.